The maximum Gasteiger partial charge on any atom is 0.0544 e. The molecule has 0 aromatic carbocycles. The summed E-state index contributed by atoms with van der Waals surface area (Å²) in [5.74, 6) is 2.64. The Morgan fingerprint density at radius 2 is 1.72 bits per heavy atom. The van der Waals surface area contributed by atoms with Gasteiger partial charge in [-0.25, -0.2) is 0 Å². The van der Waals surface area contributed by atoms with Crippen LogP contribution in [0, 0.1) is 40.4 Å². The Labute approximate surface area is 154 Å². The second-order valence-corrected chi connectivity index (χ2v) is 9.95. The predicted octanol–water partition coefficient (Wildman–Crippen LogP) is 3.74. The summed E-state index contributed by atoms with van der Waals surface area (Å²) in [4.78, 5) is 0. The fourth-order valence-corrected chi connectivity index (χ4v) is 7.41. The number of aliphatic hydroxyl groups is 2. The van der Waals surface area contributed by atoms with Gasteiger partial charge in [0.05, 0.1) is 6.10 Å². The van der Waals surface area contributed by atoms with Crippen LogP contribution in [0.15, 0.2) is 12.2 Å². The molecule has 0 amide bonds. The molecule has 3 saturated carbocycles. The lowest BCUT2D eigenvalue weighted by Crippen LogP contribution is -2.53. The van der Waals surface area contributed by atoms with Gasteiger partial charge in [0.15, 0.2) is 0 Å². The van der Waals surface area contributed by atoms with Crippen LogP contribution in [0.25, 0.3) is 0 Å². The van der Waals surface area contributed by atoms with E-state index in [0.717, 1.165) is 25.8 Å². The summed E-state index contributed by atoms with van der Waals surface area (Å²) in [5, 5.41) is 20.1. The quantitative estimate of drug-likeness (QED) is 0.677. The van der Waals surface area contributed by atoms with E-state index in [9.17, 15) is 10.2 Å². The molecule has 0 aromatic rings. The molecule has 3 nitrogen and oxygen atoms in total. The van der Waals surface area contributed by atoms with Gasteiger partial charge in [-0.05, 0) is 98.8 Å². The van der Waals surface area contributed by atoms with E-state index in [1.165, 1.54) is 31.3 Å². The fraction of sp³-hybridized carbons (Fsp3) is 0.909. The smallest absolute Gasteiger partial charge is 0.0544 e. The van der Waals surface area contributed by atoms with Crippen LogP contribution >= 0.6 is 0 Å². The Kier molecular flexibility index (Phi) is 5.41. The van der Waals surface area contributed by atoms with Crippen molar-refractivity contribution in [2.75, 3.05) is 13.2 Å². The van der Waals surface area contributed by atoms with Crippen molar-refractivity contribution in [3.05, 3.63) is 12.2 Å². The van der Waals surface area contributed by atoms with Gasteiger partial charge in [-0.2, -0.15) is 0 Å². The van der Waals surface area contributed by atoms with Crippen molar-refractivity contribution in [3.63, 3.8) is 0 Å². The number of allylic oxidation sites excluding steroid dienone is 1. The minimum atomic E-state index is -0.241. The number of rotatable bonds is 4. The van der Waals surface area contributed by atoms with Gasteiger partial charge in [-0.3, -0.25) is 0 Å². The first-order chi connectivity index (χ1) is 11.8. The van der Waals surface area contributed by atoms with Crippen molar-refractivity contribution < 1.29 is 10.2 Å². The molecular formula is C22H39NO2. The summed E-state index contributed by atoms with van der Waals surface area (Å²) in [6.07, 6.45) is 7.40. The predicted molar refractivity (Wildman–Crippen MR) is 103 cm³/mol. The van der Waals surface area contributed by atoms with E-state index in [2.05, 4.69) is 27.4 Å². The van der Waals surface area contributed by atoms with E-state index >= 15 is 0 Å². The van der Waals surface area contributed by atoms with Gasteiger partial charge < -0.3 is 15.9 Å². The van der Waals surface area contributed by atoms with Crippen molar-refractivity contribution in [2.45, 2.75) is 71.8 Å². The highest BCUT2D eigenvalue weighted by Gasteiger charge is 2.58. The van der Waals surface area contributed by atoms with Crippen molar-refractivity contribution in [3.8, 4) is 0 Å². The normalized spacial score (nSPS) is 50.5. The van der Waals surface area contributed by atoms with E-state index in [-0.39, 0.29) is 24.0 Å². The summed E-state index contributed by atoms with van der Waals surface area (Å²) in [6.45, 7) is 12.3. The average molecular weight is 350 g/mol. The second-order valence-electron chi connectivity index (χ2n) is 9.95. The molecule has 0 heterocycles. The van der Waals surface area contributed by atoms with E-state index < -0.39 is 0 Å². The first-order valence-electron chi connectivity index (χ1n) is 10.4. The lowest BCUT2D eigenvalue weighted by atomic mass is 9.48. The molecule has 0 aromatic heterocycles. The first kappa shape index (κ1) is 19.4. The zero-order valence-electron chi connectivity index (χ0n) is 16.5. The number of nitrogens with two attached hydrogens (primary N) is 1. The largest absolute Gasteiger partial charge is 0.396 e. The third-order valence-corrected chi connectivity index (χ3v) is 8.88. The standard InChI is InChI=1S/C22H39NO2/c1-14(2)18-5-6-19-17(12-23)20(8-10-22(18,19)4)21(3)9-7-16(25)11-15(21)13-24/h15-20,24-25H,1,5-13,23H2,2-4H3/t15-,16+,17+,18-,19?,20?,21+,22-/m1/s1. The highest BCUT2D eigenvalue weighted by molar-refractivity contribution is 5.14. The zero-order valence-corrected chi connectivity index (χ0v) is 16.5. The van der Waals surface area contributed by atoms with E-state index in [4.69, 9.17) is 5.73 Å². The minimum absolute atomic E-state index is 0.112. The fourth-order valence-electron chi connectivity index (χ4n) is 7.41. The Morgan fingerprint density at radius 1 is 1.08 bits per heavy atom. The van der Waals surface area contributed by atoms with Crippen LogP contribution in [0.3, 0.4) is 0 Å². The minimum Gasteiger partial charge on any atom is -0.396 e. The van der Waals surface area contributed by atoms with Crippen LogP contribution < -0.4 is 5.73 Å². The molecule has 0 aliphatic heterocycles. The number of aliphatic hydroxyl groups excluding tert-OH is 2. The van der Waals surface area contributed by atoms with Crippen LogP contribution in [0.5, 0.6) is 0 Å². The van der Waals surface area contributed by atoms with Crippen LogP contribution in [-0.2, 0) is 0 Å². The Hall–Kier alpha value is -0.380. The molecule has 0 bridgehead atoms. The van der Waals surface area contributed by atoms with Gasteiger partial charge in [0.25, 0.3) is 0 Å². The molecule has 4 N–H and O–H groups in total. The van der Waals surface area contributed by atoms with Gasteiger partial charge >= 0.3 is 0 Å². The maximum absolute atomic E-state index is 10.1. The SMILES string of the molecule is C=C(C)[C@H]1CCC2[C@H](CN)C([C@@]3(C)CC[C@H](O)C[C@@H]3CO)CC[C@@]21C. The molecule has 8 atom stereocenters. The molecule has 25 heavy (non-hydrogen) atoms. The van der Waals surface area contributed by atoms with Gasteiger partial charge in [-0.1, -0.05) is 26.0 Å². The summed E-state index contributed by atoms with van der Waals surface area (Å²) in [7, 11) is 0. The monoisotopic (exact) mass is 349 g/mol. The zero-order chi connectivity index (χ0) is 18.4. The van der Waals surface area contributed by atoms with Gasteiger partial charge in [-0.15, -0.1) is 0 Å². The molecule has 2 unspecified atom stereocenters. The molecule has 0 spiro atoms. The van der Waals surface area contributed by atoms with Crippen molar-refractivity contribution in [2.24, 2.45) is 46.2 Å². The van der Waals surface area contributed by atoms with Crippen molar-refractivity contribution in [1.82, 2.24) is 0 Å². The number of hydrogen-bond acceptors (Lipinski definition) is 3. The molecule has 144 valence electrons. The third-order valence-electron chi connectivity index (χ3n) is 8.88. The van der Waals surface area contributed by atoms with Crippen LogP contribution in [-0.4, -0.2) is 29.5 Å². The summed E-state index contributed by atoms with van der Waals surface area (Å²) in [5.41, 5.74) is 8.19. The molecule has 0 radical (unpaired) electrons. The lowest BCUT2D eigenvalue weighted by molar-refractivity contribution is -0.0996. The molecule has 3 rings (SSSR count). The third kappa shape index (κ3) is 3.00. The molecular weight excluding hydrogens is 310 g/mol. The lowest BCUT2D eigenvalue weighted by Gasteiger charge is -2.57. The topological polar surface area (TPSA) is 66.5 Å². The summed E-state index contributed by atoms with van der Waals surface area (Å²) in [6, 6.07) is 0. The average Bonchev–Trinajstić information content (AvgIpc) is 2.93. The number of fused-ring (bicyclic) bond motifs is 1. The van der Waals surface area contributed by atoms with E-state index in [0.29, 0.717) is 29.1 Å². The maximum atomic E-state index is 10.1. The molecule has 3 aliphatic carbocycles. The Balaban J connectivity index is 1.88. The van der Waals surface area contributed by atoms with E-state index in [1.54, 1.807) is 0 Å². The van der Waals surface area contributed by atoms with Crippen molar-refractivity contribution >= 4 is 0 Å². The van der Waals surface area contributed by atoms with Crippen LogP contribution in [0.2, 0.25) is 0 Å². The molecule has 3 aliphatic rings. The van der Waals surface area contributed by atoms with Gasteiger partial charge in [0.1, 0.15) is 0 Å². The molecule has 3 fully saturated rings. The van der Waals surface area contributed by atoms with Crippen molar-refractivity contribution in [1.29, 1.82) is 0 Å². The van der Waals surface area contributed by atoms with Crippen LogP contribution in [0.4, 0.5) is 0 Å². The van der Waals surface area contributed by atoms with Crippen LogP contribution in [0.1, 0.15) is 65.7 Å². The van der Waals surface area contributed by atoms with Gasteiger partial charge in [0, 0.05) is 6.61 Å². The summed E-state index contributed by atoms with van der Waals surface area (Å²) < 4.78 is 0. The first-order valence-corrected chi connectivity index (χ1v) is 10.4. The second kappa shape index (κ2) is 6.98. The van der Waals surface area contributed by atoms with E-state index in [1.807, 2.05) is 0 Å². The molecule has 0 saturated heterocycles. The Morgan fingerprint density at radius 3 is 2.32 bits per heavy atom. The Bertz CT molecular complexity index is 506. The molecule has 3 heteroatoms. The highest BCUT2D eigenvalue weighted by Crippen LogP contribution is 2.64. The highest BCUT2D eigenvalue weighted by atomic mass is 16.3. The summed E-state index contributed by atoms with van der Waals surface area (Å²) >= 11 is 0. The number of hydrogen-bond donors (Lipinski definition) is 3. The van der Waals surface area contributed by atoms with Gasteiger partial charge in [0.2, 0.25) is 0 Å².